The van der Waals surface area contributed by atoms with Gasteiger partial charge in [-0.25, -0.2) is 0 Å². The van der Waals surface area contributed by atoms with Gasteiger partial charge in [-0.3, -0.25) is 4.79 Å². The van der Waals surface area contributed by atoms with Gasteiger partial charge in [-0.1, -0.05) is 34.6 Å². The summed E-state index contributed by atoms with van der Waals surface area (Å²) in [4.78, 5) is 10.4. The maximum atomic E-state index is 10.4. The van der Waals surface area contributed by atoms with E-state index in [2.05, 4.69) is 6.92 Å². The minimum absolute atomic E-state index is 0.0388. The van der Waals surface area contributed by atoms with E-state index in [1.54, 1.807) is 0 Å². The number of carbonyl (C=O) groups excluding carboxylic acids is 1. The maximum absolute atomic E-state index is 10.4. The van der Waals surface area contributed by atoms with Crippen LogP contribution in [0.3, 0.4) is 0 Å². The lowest BCUT2D eigenvalue weighted by Gasteiger charge is -2.16. The SMILES string of the molecule is CC.CC.CC1CCC(=O)OC1. The van der Waals surface area contributed by atoms with E-state index in [1.807, 2.05) is 27.7 Å². The molecule has 0 aliphatic carbocycles. The number of hydrogen-bond acceptors (Lipinski definition) is 2. The molecule has 1 heterocycles. The minimum Gasteiger partial charge on any atom is -0.465 e. The highest BCUT2D eigenvalue weighted by Crippen LogP contribution is 2.12. The topological polar surface area (TPSA) is 26.3 Å². The molecule has 1 atom stereocenters. The van der Waals surface area contributed by atoms with Crippen molar-refractivity contribution in [2.24, 2.45) is 5.92 Å². The molecule has 1 fully saturated rings. The Balaban J connectivity index is 0. The van der Waals surface area contributed by atoms with E-state index < -0.39 is 0 Å². The lowest BCUT2D eigenvalue weighted by molar-refractivity contribution is -0.149. The van der Waals surface area contributed by atoms with Crippen molar-refractivity contribution in [1.29, 1.82) is 0 Å². The first-order valence-corrected chi connectivity index (χ1v) is 4.94. The molecule has 0 spiro atoms. The number of esters is 1. The van der Waals surface area contributed by atoms with Gasteiger partial charge in [-0.05, 0) is 12.3 Å². The zero-order valence-corrected chi connectivity index (χ0v) is 9.02. The highest BCUT2D eigenvalue weighted by atomic mass is 16.5. The lowest BCUT2D eigenvalue weighted by atomic mass is 10.1. The first-order valence-electron chi connectivity index (χ1n) is 4.94. The summed E-state index contributed by atoms with van der Waals surface area (Å²) in [6.07, 6.45) is 1.61. The molecule has 0 aromatic heterocycles. The molecule has 1 aliphatic rings. The second-order valence-corrected chi connectivity index (χ2v) is 2.33. The summed E-state index contributed by atoms with van der Waals surface area (Å²) in [6.45, 7) is 10.7. The minimum atomic E-state index is -0.0388. The van der Waals surface area contributed by atoms with Crippen molar-refractivity contribution >= 4 is 5.97 Å². The highest BCUT2D eigenvalue weighted by Gasteiger charge is 2.14. The molecule has 0 bridgehead atoms. The summed E-state index contributed by atoms with van der Waals surface area (Å²) in [5.74, 6) is 0.538. The van der Waals surface area contributed by atoms with E-state index >= 15 is 0 Å². The van der Waals surface area contributed by atoms with Crippen LogP contribution in [-0.2, 0) is 9.53 Å². The van der Waals surface area contributed by atoms with Gasteiger partial charge in [0.15, 0.2) is 0 Å². The summed E-state index contributed by atoms with van der Waals surface area (Å²) >= 11 is 0. The fourth-order valence-electron chi connectivity index (χ4n) is 0.755. The van der Waals surface area contributed by atoms with Gasteiger partial charge in [-0.2, -0.15) is 0 Å². The molecule has 74 valence electrons. The monoisotopic (exact) mass is 174 g/mol. The van der Waals surface area contributed by atoms with Crippen LogP contribution in [0, 0.1) is 5.92 Å². The Bertz CT molecular complexity index is 90.0. The van der Waals surface area contributed by atoms with Gasteiger partial charge in [0.1, 0.15) is 0 Å². The molecule has 0 aromatic carbocycles. The van der Waals surface area contributed by atoms with Crippen LogP contribution in [0.1, 0.15) is 47.5 Å². The molecule has 0 radical (unpaired) electrons. The van der Waals surface area contributed by atoms with Gasteiger partial charge >= 0.3 is 5.97 Å². The molecule has 2 nitrogen and oxygen atoms in total. The molecule has 1 rings (SSSR count). The number of rotatable bonds is 0. The van der Waals surface area contributed by atoms with Crippen LogP contribution in [0.4, 0.5) is 0 Å². The first-order chi connectivity index (χ1) is 5.79. The second-order valence-electron chi connectivity index (χ2n) is 2.33. The molecular weight excluding hydrogens is 152 g/mol. The molecule has 12 heavy (non-hydrogen) atoms. The van der Waals surface area contributed by atoms with Crippen molar-refractivity contribution in [3.05, 3.63) is 0 Å². The Kier molecular flexibility index (Phi) is 12.2. The van der Waals surface area contributed by atoms with Gasteiger partial charge in [-0.15, -0.1) is 0 Å². The third-order valence-corrected chi connectivity index (χ3v) is 1.37. The molecule has 0 saturated carbocycles. The molecule has 1 saturated heterocycles. The van der Waals surface area contributed by atoms with Gasteiger partial charge < -0.3 is 4.74 Å². The highest BCUT2D eigenvalue weighted by molar-refractivity contribution is 5.69. The zero-order valence-electron chi connectivity index (χ0n) is 9.02. The van der Waals surface area contributed by atoms with Crippen molar-refractivity contribution in [1.82, 2.24) is 0 Å². The summed E-state index contributed by atoms with van der Waals surface area (Å²) < 4.78 is 4.75. The lowest BCUT2D eigenvalue weighted by Crippen LogP contribution is -2.18. The van der Waals surface area contributed by atoms with Crippen molar-refractivity contribution in [2.75, 3.05) is 6.61 Å². The fourth-order valence-corrected chi connectivity index (χ4v) is 0.755. The molecule has 1 unspecified atom stereocenters. The smallest absolute Gasteiger partial charge is 0.305 e. The predicted octanol–water partition coefficient (Wildman–Crippen LogP) is 3.01. The largest absolute Gasteiger partial charge is 0.465 e. The Morgan fingerprint density at radius 1 is 1.25 bits per heavy atom. The third-order valence-electron chi connectivity index (χ3n) is 1.37. The van der Waals surface area contributed by atoms with Crippen molar-refractivity contribution in [2.45, 2.75) is 47.5 Å². The molecule has 1 aliphatic heterocycles. The van der Waals surface area contributed by atoms with Crippen LogP contribution in [0.25, 0.3) is 0 Å². The average molecular weight is 174 g/mol. The van der Waals surface area contributed by atoms with Crippen LogP contribution >= 0.6 is 0 Å². The van der Waals surface area contributed by atoms with E-state index in [1.165, 1.54) is 0 Å². The number of cyclic esters (lactones) is 1. The number of hydrogen-bond donors (Lipinski definition) is 0. The Morgan fingerprint density at radius 2 is 1.75 bits per heavy atom. The Morgan fingerprint density at radius 3 is 2.00 bits per heavy atom. The first kappa shape index (κ1) is 14.0. The van der Waals surface area contributed by atoms with Crippen LogP contribution < -0.4 is 0 Å². The van der Waals surface area contributed by atoms with Crippen LogP contribution in [0.2, 0.25) is 0 Å². The fraction of sp³-hybridized carbons (Fsp3) is 0.900. The number of ether oxygens (including phenoxy) is 1. The molecule has 0 N–H and O–H groups in total. The zero-order chi connectivity index (χ0) is 9.98. The molecule has 0 amide bonds. The third kappa shape index (κ3) is 7.58. The second kappa shape index (κ2) is 10.5. The van der Waals surface area contributed by atoms with Gasteiger partial charge in [0.2, 0.25) is 0 Å². The summed E-state index contributed by atoms with van der Waals surface area (Å²) in [5, 5.41) is 0. The number of carbonyl (C=O) groups is 1. The summed E-state index contributed by atoms with van der Waals surface area (Å²) in [7, 11) is 0. The molecule has 0 aromatic rings. The van der Waals surface area contributed by atoms with Crippen molar-refractivity contribution in [3.63, 3.8) is 0 Å². The van der Waals surface area contributed by atoms with Crippen molar-refractivity contribution < 1.29 is 9.53 Å². The van der Waals surface area contributed by atoms with E-state index in [9.17, 15) is 4.79 Å². The van der Waals surface area contributed by atoms with Gasteiger partial charge in [0, 0.05) is 6.42 Å². The van der Waals surface area contributed by atoms with Crippen LogP contribution in [0.5, 0.6) is 0 Å². The Labute approximate surface area is 76.3 Å². The van der Waals surface area contributed by atoms with Crippen molar-refractivity contribution in [3.8, 4) is 0 Å². The quantitative estimate of drug-likeness (QED) is 0.528. The van der Waals surface area contributed by atoms with E-state index in [-0.39, 0.29) is 5.97 Å². The predicted molar refractivity (Wildman–Crippen MR) is 52.1 cm³/mol. The maximum Gasteiger partial charge on any atom is 0.305 e. The van der Waals surface area contributed by atoms with Gasteiger partial charge in [0.25, 0.3) is 0 Å². The normalized spacial score (nSPS) is 20.8. The molecule has 2 heteroatoms. The molecular formula is C10H22O2. The standard InChI is InChI=1S/C6H10O2.2C2H6/c1-5-2-3-6(7)8-4-5;2*1-2/h5H,2-4H2,1H3;2*1-2H3. The van der Waals surface area contributed by atoms with E-state index in [4.69, 9.17) is 4.74 Å². The average Bonchev–Trinajstić information content (AvgIpc) is 2.17. The Hall–Kier alpha value is -0.530. The summed E-state index contributed by atoms with van der Waals surface area (Å²) in [5.41, 5.74) is 0. The van der Waals surface area contributed by atoms with Crippen LogP contribution in [-0.4, -0.2) is 12.6 Å². The summed E-state index contributed by atoms with van der Waals surface area (Å²) in [6, 6.07) is 0. The van der Waals surface area contributed by atoms with Gasteiger partial charge in [0.05, 0.1) is 6.61 Å². The van der Waals surface area contributed by atoms with E-state index in [0.29, 0.717) is 18.9 Å². The van der Waals surface area contributed by atoms with Crippen LogP contribution in [0.15, 0.2) is 0 Å². The van der Waals surface area contributed by atoms with E-state index in [0.717, 1.165) is 6.42 Å².